The molecular formula is C18H24N6O2S. The van der Waals surface area contributed by atoms with E-state index < -0.39 is 0 Å². The number of aromatic nitrogens is 2. The number of nitrogens with one attached hydrogen (secondary N) is 1. The van der Waals surface area contributed by atoms with Gasteiger partial charge in [-0.2, -0.15) is 0 Å². The van der Waals surface area contributed by atoms with Gasteiger partial charge in [-0.1, -0.05) is 24.3 Å². The Morgan fingerprint density at radius 2 is 2.04 bits per heavy atom. The first-order valence-electron chi connectivity index (χ1n) is 8.97. The molecule has 2 aromatic rings. The lowest BCUT2D eigenvalue weighted by Gasteiger charge is -2.35. The van der Waals surface area contributed by atoms with Crippen LogP contribution in [0.5, 0.6) is 0 Å². The minimum Gasteiger partial charge on any atom is -0.375 e. The zero-order chi connectivity index (χ0) is 19.4. The van der Waals surface area contributed by atoms with Crippen molar-refractivity contribution >= 4 is 34.1 Å². The summed E-state index contributed by atoms with van der Waals surface area (Å²) >= 11 is 1.21. The van der Waals surface area contributed by atoms with Crippen LogP contribution in [0.1, 0.15) is 34.8 Å². The average Bonchev–Trinajstić information content (AvgIpc) is 3.07. The predicted octanol–water partition coefficient (Wildman–Crippen LogP) is 1.28. The number of hydrogen-bond donors (Lipinski definition) is 2. The van der Waals surface area contributed by atoms with Crippen molar-refractivity contribution in [3.8, 4) is 0 Å². The number of thiazole rings is 1. The molecule has 1 aliphatic rings. The van der Waals surface area contributed by atoms with E-state index in [-0.39, 0.29) is 11.8 Å². The number of pyridine rings is 1. The number of carbonyl (C=O) groups is 2. The van der Waals surface area contributed by atoms with Gasteiger partial charge in [0.05, 0.1) is 5.69 Å². The molecule has 3 rings (SSSR count). The first-order chi connectivity index (χ1) is 13.0. The van der Waals surface area contributed by atoms with Crippen LogP contribution in [-0.4, -0.2) is 52.9 Å². The quantitative estimate of drug-likeness (QED) is 0.800. The molecule has 0 aliphatic carbocycles. The molecule has 1 aliphatic heterocycles. The number of nitrogens with zero attached hydrogens (tertiary/aromatic N) is 4. The first kappa shape index (κ1) is 19.1. The maximum atomic E-state index is 12.5. The zero-order valence-corrected chi connectivity index (χ0v) is 16.4. The minimum absolute atomic E-state index is 0.0960. The lowest BCUT2D eigenvalue weighted by molar-refractivity contribution is -0.129. The Hall–Kier alpha value is -2.68. The molecule has 0 unspecified atom stereocenters. The Morgan fingerprint density at radius 1 is 1.30 bits per heavy atom. The molecule has 3 heterocycles. The molecule has 1 saturated heterocycles. The summed E-state index contributed by atoms with van der Waals surface area (Å²) in [5, 5.41) is 3.36. The second-order valence-electron chi connectivity index (χ2n) is 6.34. The maximum Gasteiger partial charge on any atom is 0.263 e. The first-order valence-corrected chi connectivity index (χ1v) is 9.79. The molecule has 0 spiro atoms. The van der Waals surface area contributed by atoms with Crippen molar-refractivity contribution < 1.29 is 9.59 Å². The van der Waals surface area contributed by atoms with Crippen LogP contribution in [0.2, 0.25) is 0 Å². The molecule has 8 nitrogen and oxygen atoms in total. The largest absolute Gasteiger partial charge is 0.375 e. The molecule has 9 heteroatoms. The molecular weight excluding hydrogens is 364 g/mol. The van der Waals surface area contributed by atoms with Crippen LogP contribution >= 0.6 is 11.3 Å². The standard InChI is InChI=1S/C18H24N6O2S/c1-3-14-15(27-18(19)22-14)17(26)21-11-13-5-4-6-20-16(13)24-9-7-23(8-10-24)12(2)25/h4-6H,3,7-11H2,1-2H3,(H2,19,22)(H,21,26). The molecule has 0 saturated carbocycles. The van der Waals surface area contributed by atoms with Crippen LogP contribution in [-0.2, 0) is 17.8 Å². The summed E-state index contributed by atoms with van der Waals surface area (Å²) in [7, 11) is 0. The molecule has 2 amide bonds. The van der Waals surface area contributed by atoms with Gasteiger partial charge in [0.1, 0.15) is 10.7 Å². The van der Waals surface area contributed by atoms with E-state index >= 15 is 0 Å². The second-order valence-corrected chi connectivity index (χ2v) is 7.37. The summed E-state index contributed by atoms with van der Waals surface area (Å²) in [4.78, 5) is 37.3. The topological polar surface area (TPSA) is 104 Å². The highest BCUT2D eigenvalue weighted by atomic mass is 32.1. The number of rotatable bonds is 5. The van der Waals surface area contributed by atoms with Gasteiger partial charge in [-0.05, 0) is 12.5 Å². The van der Waals surface area contributed by atoms with E-state index in [0.29, 0.717) is 36.1 Å². The summed E-state index contributed by atoms with van der Waals surface area (Å²) in [6, 6.07) is 3.82. The van der Waals surface area contributed by atoms with Crippen molar-refractivity contribution in [1.82, 2.24) is 20.2 Å². The molecule has 144 valence electrons. The van der Waals surface area contributed by atoms with Crippen molar-refractivity contribution in [3.05, 3.63) is 34.5 Å². The average molecular weight is 388 g/mol. The molecule has 0 bridgehead atoms. The maximum absolute atomic E-state index is 12.5. The van der Waals surface area contributed by atoms with Crippen LogP contribution in [0.3, 0.4) is 0 Å². The number of aryl methyl sites for hydroxylation is 1. The fourth-order valence-corrected chi connectivity index (χ4v) is 3.97. The van der Waals surface area contributed by atoms with Gasteiger partial charge in [0.25, 0.3) is 5.91 Å². The van der Waals surface area contributed by atoms with Crippen LogP contribution in [0.25, 0.3) is 0 Å². The van der Waals surface area contributed by atoms with Gasteiger partial charge < -0.3 is 20.9 Å². The fraction of sp³-hybridized carbons (Fsp3) is 0.444. The van der Waals surface area contributed by atoms with Crippen molar-refractivity contribution in [2.24, 2.45) is 0 Å². The third kappa shape index (κ3) is 4.36. The van der Waals surface area contributed by atoms with Crippen LogP contribution in [0, 0.1) is 0 Å². The van der Waals surface area contributed by atoms with E-state index in [1.165, 1.54) is 11.3 Å². The molecule has 3 N–H and O–H groups in total. The summed E-state index contributed by atoms with van der Waals surface area (Å²) in [6.45, 7) is 6.72. The highest BCUT2D eigenvalue weighted by Crippen LogP contribution is 2.22. The van der Waals surface area contributed by atoms with Crippen LogP contribution in [0.4, 0.5) is 10.9 Å². The van der Waals surface area contributed by atoms with Gasteiger partial charge in [-0.15, -0.1) is 0 Å². The van der Waals surface area contributed by atoms with E-state index in [2.05, 4.69) is 20.2 Å². The molecule has 1 fully saturated rings. The van der Waals surface area contributed by atoms with Crippen LogP contribution in [0.15, 0.2) is 18.3 Å². The number of anilines is 2. The van der Waals surface area contributed by atoms with E-state index in [9.17, 15) is 9.59 Å². The lowest BCUT2D eigenvalue weighted by Crippen LogP contribution is -2.48. The van der Waals surface area contributed by atoms with Crippen molar-refractivity contribution in [2.45, 2.75) is 26.8 Å². The Bertz CT molecular complexity index is 829. The Labute approximate surface area is 162 Å². The smallest absolute Gasteiger partial charge is 0.263 e. The SMILES string of the molecule is CCc1nc(N)sc1C(=O)NCc1cccnc1N1CCN(C(C)=O)CC1. The third-order valence-electron chi connectivity index (χ3n) is 4.59. The van der Waals surface area contributed by atoms with Gasteiger partial charge in [-0.25, -0.2) is 9.97 Å². The Balaban J connectivity index is 1.68. The normalized spacial score (nSPS) is 14.3. The summed E-state index contributed by atoms with van der Waals surface area (Å²) in [5.74, 6) is 0.775. The number of carbonyl (C=O) groups excluding carboxylic acids is 2. The van der Waals surface area contributed by atoms with E-state index in [0.717, 1.165) is 30.2 Å². The molecule has 27 heavy (non-hydrogen) atoms. The molecule has 0 atom stereocenters. The van der Waals surface area contributed by atoms with Gasteiger partial charge in [0.2, 0.25) is 5.91 Å². The number of hydrogen-bond acceptors (Lipinski definition) is 7. The Morgan fingerprint density at radius 3 is 2.70 bits per heavy atom. The molecule has 2 aromatic heterocycles. The van der Waals surface area contributed by atoms with Crippen LogP contribution < -0.4 is 16.0 Å². The number of nitrogens with two attached hydrogens (primary N) is 1. The van der Waals surface area contributed by atoms with E-state index in [1.54, 1.807) is 13.1 Å². The third-order valence-corrected chi connectivity index (χ3v) is 5.51. The fourth-order valence-electron chi connectivity index (χ4n) is 3.13. The summed E-state index contributed by atoms with van der Waals surface area (Å²) in [5.41, 5.74) is 7.40. The monoisotopic (exact) mass is 388 g/mol. The summed E-state index contributed by atoms with van der Waals surface area (Å²) in [6.07, 6.45) is 2.41. The van der Waals surface area contributed by atoms with Crippen molar-refractivity contribution in [3.63, 3.8) is 0 Å². The van der Waals surface area contributed by atoms with Gasteiger partial charge in [-0.3, -0.25) is 9.59 Å². The zero-order valence-electron chi connectivity index (χ0n) is 15.6. The van der Waals surface area contributed by atoms with E-state index in [4.69, 9.17) is 5.73 Å². The predicted molar refractivity (Wildman–Crippen MR) is 106 cm³/mol. The van der Waals surface area contributed by atoms with E-state index in [1.807, 2.05) is 24.0 Å². The minimum atomic E-state index is -0.169. The van der Waals surface area contributed by atoms with Crippen molar-refractivity contribution in [1.29, 1.82) is 0 Å². The number of nitrogen functional groups attached to an aromatic ring is 1. The number of piperazine rings is 1. The number of amides is 2. The summed E-state index contributed by atoms with van der Waals surface area (Å²) < 4.78 is 0. The molecule has 0 radical (unpaired) electrons. The van der Waals surface area contributed by atoms with Gasteiger partial charge >= 0.3 is 0 Å². The Kier molecular flexibility index (Phi) is 5.90. The van der Waals surface area contributed by atoms with Gasteiger partial charge in [0, 0.05) is 51.4 Å². The van der Waals surface area contributed by atoms with Crippen molar-refractivity contribution in [2.75, 3.05) is 36.8 Å². The van der Waals surface area contributed by atoms with Gasteiger partial charge in [0.15, 0.2) is 5.13 Å². The molecule has 0 aromatic carbocycles. The highest BCUT2D eigenvalue weighted by Gasteiger charge is 2.22. The highest BCUT2D eigenvalue weighted by molar-refractivity contribution is 7.17. The lowest BCUT2D eigenvalue weighted by atomic mass is 10.2. The second kappa shape index (κ2) is 8.34.